The second kappa shape index (κ2) is 22.2. The van der Waals surface area contributed by atoms with Crippen LogP contribution in [0.3, 0.4) is 0 Å². The van der Waals surface area contributed by atoms with Gasteiger partial charge in [0, 0.05) is 17.9 Å². The van der Waals surface area contributed by atoms with Gasteiger partial charge in [0.05, 0.1) is 6.42 Å². The minimum Gasteiger partial charge on any atom is -0.300 e. The summed E-state index contributed by atoms with van der Waals surface area (Å²) in [6.07, 6.45) is 19.0. The Morgan fingerprint density at radius 3 is 2.06 bits per heavy atom. The Morgan fingerprint density at radius 1 is 0.809 bits per heavy atom. The molecule has 262 valence electrons. The molecule has 0 aromatic heterocycles. The summed E-state index contributed by atoms with van der Waals surface area (Å²) in [4.78, 5) is 38.6. The first-order valence-electron chi connectivity index (χ1n) is 19.4. The van der Waals surface area contributed by atoms with Crippen LogP contribution < -0.4 is 0 Å². The fourth-order valence-electron chi connectivity index (χ4n) is 7.79. The summed E-state index contributed by atoms with van der Waals surface area (Å²) in [5, 5.41) is 0. The molecule has 0 aliphatic heterocycles. The molecule has 1 aliphatic carbocycles. The van der Waals surface area contributed by atoms with Crippen LogP contribution in [0.25, 0.3) is 11.1 Å². The first-order chi connectivity index (χ1) is 22.6. The van der Waals surface area contributed by atoms with Crippen LogP contribution in [0.2, 0.25) is 0 Å². The highest BCUT2D eigenvalue weighted by Gasteiger charge is 2.34. The summed E-state index contributed by atoms with van der Waals surface area (Å²) in [6.45, 7) is 16.6. The van der Waals surface area contributed by atoms with Gasteiger partial charge < -0.3 is 0 Å². The number of fused-ring (bicyclic) bond motifs is 1. The molecular formula is C44H68O3. The van der Waals surface area contributed by atoms with Gasteiger partial charge in [-0.25, -0.2) is 0 Å². The first kappa shape index (κ1) is 40.6. The van der Waals surface area contributed by atoms with Crippen molar-refractivity contribution in [2.45, 2.75) is 171 Å². The Bertz CT molecular complexity index is 1260. The lowest BCUT2D eigenvalue weighted by atomic mass is 9.71. The summed E-state index contributed by atoms with van der Waals surface area (Å²) >= 11 is 0. The third-order valence-corrected chi connectivity index (χ3v) is 10.1. The average molecular weight is 645 g/mol. The number of unbranched alkanes of at least 4 members (excludes halogenated alkanes) is 7. The van der Waals surface area contributed by atoms with E-state index in [0.29, 0.717) is 6.42 Å². The van der Waals surface area contributed by atoms with E-state index >= 15 is 0 Å². The molecule has 0 heterocycles. The Morgan fingerprint density at radius 2 is 1.47 bits per heavy atom. The second-order valence-electron chi connectivity index (χ2n) is 14.4. The Hall–Kier alpha value is -2.55. The molecule has 1 aliphatic rings. The van der Waals surface area contributed by atoms with Crippen molar-refractivity contribution in [3.8, 4) is 11.1 Å². The van der Waals surface area contributed by atoms with E-state index in [-0.39, 0.29) is 41.5 Å². The summed E-state index contributed by atoms with van der Waals surface area (Å²) in [5.74, 6) is 0.608. The summed E-state index contributed by atoms with van der Waals surface area (Å²) in [7, 11) is 0. The van der Waals surface area contributed by atoms with E-state index in [1.807, 2.05) is 0 Å². The van der Waals surface area contributed by atoms with Gasteiger partial charge in [-0.15, -0.1) is 0 Å². The van der Waals surface area contributed by atoms with Gasteiger partial charge in [0.1, 0.15) is 11.6 Å². The number of aryl methyl sites for hydroxylation is 3. The zero-order valence-corrected chi connectivity index (χ0v) is 31.6. The zero-order valence-electron chi connectivity index (χ0n) is 31.6. The van der Waals surface area contributed by atoms with Crippen LogP contribution in [0.1, 0.15) is 177 Å². The van der Waals surface area contributed by atoms with E-state index in [0.717, 1.165) is 56.1 Å². The van der Waals surface area contributed by atoms with Crippen molar-refractivity contribution in [2.75, 3.05) is 0 Å². The maximum atomic E-state index is 13.8. The van der Waals surface area contributed by atoms with Gasteiger partial charge in [0.2, 0.25) is 0 Å². The third kappa shape index (κ3) is 12.8. The maximum Gasteiger partial charge on any atom is 0.163 e. The number of hydrogen-bond acceptors (Lipinski definition) is 3. The van der Waals surface area contributed by atoms with Gasteiger partial charge in [-0.1, -0.05) is 136 Å². The maximum absolute atomic E-state index is 13.8. The van der Waals surface area contributed by atoms with Crippen molar-refractivity contribution in [1.82, 2.24) is 0 Å². The van der Waals surface area contributed by atoms with Crippen LogP contribution in [0.5, 0.6) is 0 Å². The molecule has 0 radical (unpaired) electrons. The Labute approximate surface area is 289 Å². The van der Waals surface area contributed by atoms with Gasteiger partial charge in [0.15, 0.2) is 5.78 Å². The molecule has 0 N–H and O–H groups in total. The van der Waals surface area contributed by atoms with Crippen molar-refractivity contribution in [2.24, 2.45) is 17.8 Å². The number of rotatable bonds is 20. The summed E-state index contributed by atoms with van der Waals surface area (Å²) in [5.41, 5.74) is 8.48. The lowest BCUT2D eigenvalue weighted by Gasteiger charge is -2.33. The molecule has 0 spiro atoms. The van der Waals surface area contributed by atoms with E-state index < -0.39 is 0 Å². The van der Waals surface area contributed by atoms with Crippen molar-refractivity contribution < 1.29 is 14.4 Å². The Kier molecular flexibility index (Phi) is 19.1. The smallest absolute Gasteiger partial charge is 0.163 e. The molecule has 0 saturated carbocycles. The number of carbonyl (C=O) groups is 3. The topological polar surface area (TPSA) is 51.2 Å². The van der Waals surface area contributed by atoms with Gasteiger partial charge in [-0.05, 0) is 97.6 Å². The van der Waals surface area contributed by atoms with Crippen LogP contribution in [-0.2, 0) is 28.9 Å². The molecule has 3 nitrogen and oxygen atoms in total. The Balaban J connectivity index is 0.00000246. The van der Waals surface area contributed by atoms with E-state index in [4.69, 9.17) is 0 Å². The molecule has 0 bridgehead atoms. The van der Waals surface area contributed by atoms with Gasteiger partial charge in [0.25, 0.3) is 0 Å². The molecule has 2 aromatic rings. The van der Waals surface area contributed by atoms with Crippen LogP contribution >= 0.6 is 0 Å². The first-order valence-corrected chi connectivity index (χ1v) is 19.4. The van der Waals surface area contributed by atoms with Crippen molar-refractivity contribution in [3.05, 3.63) is 58.1 Å². The predicted molar refractivity (Wildman–Crippen MR) is 202 cm³/mol. The van der Waals surface area contributed by atoms with E-state index in [1.54, 1.807) is 0 Å². The fourth-order valence-corrected chi connectivity index (χ4v) is 7.79. The highest BCUT2D eigenvalue weighted by Crippen LogP contribution is 2.41. The fraction of sp³-hybridized carbons (Fsp3) is 0.659. The standard InChI is InChI=1S/C41H60O3.C3H8/c1-7-11-12-13-14-15-16-17-19-31-21-22-33(9-3)37(26-31)36-23-20-29(5)41-38(36)27-32(28-40(41)44)25-34(18-8-2)35(10-4)39(43)24-30(6)42;1-3-2/h20-23,26,32,34-35H,7-19,24-25,27-28H2,1-6H3;3H2,1-2H3. The monoisotopic (exact) mass is 645 g/mol. The van der Waals surface area contributed by atoms with Crippen LogP contribution in [0, 0.1) is 24.7 Å². The summed E-state index contributed by atoms with van der Waals surface area (Å²) < 4.78 is 0. The van der Waals surface area contributed by atoms with E-state index in [1.165, 1.54) is 92.5 Å². The minimum absolute atomic E-state index is 0.0313. The molecule has 47 heavy (non-hydrogen) atoms. The number of hydrogen-bond donors (Lipinski definition) is 0. The van der Waals surface area contributed by atoms with Gasteiger partial charge in [-0.3, -0.25) is 14.4 Å². The van der Waals surface area contributed by atoms with E-state index in [9.17, 15) is 14.4 Å². The van der Waals surface area contributed by atoms with Gasteiger partial charge >= 0.3 is 0 Å². The average Bonchev–Trinajstić information content (AvgIpc) is 3.03. The molecule has 0 amide bonds. The summed E-state index contributed by atoms with van der Waals surface area (Å²) in [6, 6.07) is 11.4. The van der Waals surface area contributed by atoms with Crippen molar-refractivity contribution in [3.63, 3.8) is 0 Å². The van der Waals surface area contributed by atoms with Crippen molar-refractivity contribution >= 4 is 17.3 Å². The van der Waals surface area contributed by atoms with E-state index in [2.05, 4.69) is 78.8 Å². The van der Waals surface area contributed by atoms with Crippen LogP contribution in [0.15, 0.2) is 30.3 Å². The molecule has 3 unspecified atom stereocenters. The number of Topliss-reactive ketones (excluding diaryl/α,β-unsaturated/α-hetero) is 3. The largest absolute Gasteiger partial charge is 0.300 e. The lowest BCUT2D eigenvalue weighted by molar-refractivity contribution is -0.129. The second-order valence-corrected chi connectivity index (χ2v) is 14.4. The normalized spacial score (nSPS) is 15.4. The quantitative estimate of drug-likeness (QED) is 0.106. The molecule has 2 aromatic carbocycles. The zero-order chi connectivity index (χ0) is 34.8. The van der Waals surface area contributed by atoms with Gasteiger partial charge in [-0.2, -0.15) is 0 Å². The molecule has 0 saturated heterocycles. The lowest BCUT2D eigenvalue weighted by Crippen LogP contribution is -2.30. The third-order valence-electron chi connectivity index (χ3n) is 10.1. The SMILES string of the molecule is CCC.CCCCCCCCCCc1ccc(CC)c(-c2ccc(C)c3c2CC(CC(CCC)C(CC)C(=O)CC(C)=O)CC3=O)c1. The molecule has 0 fully saturated rings. The highest BCUT2D eigenvalue weighted by atomic mass is 16.1. The number of benzene rings is 2. The predicted octanol–water partition coefficient (Wildman–Crippen LogP) is 12.4. The number of carbonyl (C=O) groups excluding carboxylic acids is 3. The molecule has 3 atom stereocenters. The highest BCUT2D eigenvalue weighted by molar-refractivity contribution is 6.02. The molecular weight excluding hydrogens is 576 g/mol. The molecule has 3 rings (SSSR count). The van der Waals surface area contributed by atoms with Crippen molar-refractivity contribution in [1.29, 1.82) is 0 Å². The minimum atomic E-state index is -0.105. The molecule has 3 heteroatoms. The van der Waals surface area contributed by atoms with Crippen LogP contribution in [-0.4, -0.2) is 17.3 Å². The van der Waals surface area contributed by atoms with Crippen LogP contribution in [0.4, 0.5) is 0 Å². The number of ketones is 3.